The predicted molar refractivity (Wildman–Crippen MR) is 131 cm³/mol. The van der Waals surface area contributed by atoms with Crippen molar-refractivity contribution in [3.05, 3.63) is 23.7 Å². The molecule has 180 valence electrons. The van der Waals surface area contributed by atoms with Gasteiger partial charge in [0, 0.05) is 31.2 Å². The summed E-state index contributed by atoms with van der Waals surface area (Å²) in [5.74, 6) is 1.88. The smallest absolute Gasteiger partial charge is 0.224 e. The number of aliphatic hydroxyl groups excluding tert-OH is 3. The molecule has 5 N–H and O–H groups in total. The maximum absolute atomic E-state index is 10.7. The lowest BCUT2D eigenvalue weighted by Crippen LogP contribution is -2.35. The molecular formula is C24H30N6O3S. The van der Waals surface area contributed by atoms with Crippen molar-refractivity contribution >= 4 is 33.3 Å². The summed E-state index contributed by atoms with van der Waals surface area (Å²) in [6.07, 6.45) is 4.91. The monoisotopic (exact) mass is 482 g/mol. The summed E-state index contributed by atoms with van der Waals surface area (Å²) in [4.78, 5) is 19.1. The van der Waals surface area contributed by atoms with Crippen molar-refractivity contribution in [2.24, 2.45) is 11.8 Å². The Kier molecular flexibility index (Phi) is 5.63. The molecule has 4 unspecified atom stereocenters. The average molecular weight is 483 g/mol. The van der Waals surface area contributed by atoms with E-state index in [1.165, 1.54) is 12.8 Å². The highest BCUT2D eigenvalue weighted by Gasteiger charge is 2.42. The van der Waals surface area contributed by atoms with Crippen molar-refractivity contribution in [1.29, 1.82) is 0 Å². The van der Waals surface area contributed by atoms with Crippen LogP contribution in [0.15, 0.2) is 12.3 Å². The third-order valence-corrected chi connectivity index (χ3v) is 8.25. The van der Waals surface area contributed by atoms with Crippen LogP contribution in [-0.2, 0) is 0 Å². The molecule has 0 radical (unpaired) electrons. The molecule has 3 aliphatic rings. The molecule has 4 atom stereocenters. The fraction of sp³-hybridized carbons (Fsp3) is 0.583. The Morgan fingerprint density at radius 2 is 1.91 bits per heavy atom. The van der Waals surface area contributed by atoms with Crippen molar-refractivity contribution in [1.82, 2.24) is 19.9 Å². The second-order valence-corrected chi connectivity index (χ2v) is 11.0. The number of nitrogens with zero attached hydrogens (tertiary/aromatic N) is 4. The lowest BCUT2D eigenvalue weighted by Gasteiger charge is -2.22. The molecule has 0 aliphatic heterocycles. The van der Waals surface area contributed by atoms with Crippen LogP contribution in [0.1, 0.15) is 49.4 Å². The molecule has 0 bridgehead atoms. The Morgan fingerprint density at radius 3 is 2.59 bits per heavy atom. The van der Waals surface area contributed by atoms with Crippen LogP contribution >= 0.6 is 11.3 Å². The van der Waals surface area contributed by atoms with E-state index in [1.807, 2.05) is 13.0 Å². The number of thiazole rings is 1. The Labute approximate surface area is 201 Å². The maximum atomic E-state index is 10.7. The Hall–Kier alpha value is -2.40. The van der Waals surface area contributed by atoms with Gasteiger partial charge in [0.15, 0.2) is 0 Å². The van der Waals surface area contributed by atoms with Gasteiger partial charge >= 0.3 is 0 Å². The molecule has 0 aromatic carbocycles. The quantitative estimate of drug-likeness (QED) is 0.328. The fourth-order valence-electron chi connectivity index (χ4n) is 4.80. The third-order valence-electron chi connectivity index (χ3n) is 7.21. The largest absolute Gasteiger partial charge is 0.396 e. The van der Waals surface area contributed by atoms with E-state index in [-0.39, 0.29) is 12.5 Å². The van der Waals surface area contributed by atoms with Gasteiger partial charge in [-0.2, -0.15) is 4.98 Å². The number of hydrogen-bond donors (Lipinski definition) is 5. The van der Waals surface area contributed by atoms with Crippen molar-refractivity contribution in [2.45, 2.75) is 63.2 Å². The lowest BCUT2D eigenvalue weighted by molar-refractivity contribution is 0.00446. The maximum Gasteiger partial charge on any atom is 0.224 e. The van der Waals surface area contributed by atoms with Gasteiger partial charge < -0.3 is 26.0 Å². The highest BCUT2D eigenvalue weighted by Crippen LogP contribution is 2.48. The summed E-state index contributed by atoms with van der Waals surface area (Å²) in [6.45, 7) is 2.64. The number of aromatic nitrogens is 4. The van der Waals surface area contributed by atoms with Gasteiger partial charge in [-0.3, -0.25) is 4.98 Å². The van der Waals surface area contributed by atoms with Gasteiger partial charge in [-0.05, 0) is 51.0 Å². The molecule has 0 saturated heterocycles. The summed E-state index contributed by atoms with van der Waals surface area (Å²) in [5.41, 5.74) is 3.61. The van der Waals surface area contributed by atoms with Crippen LogP contribution in [0.5, 0.6) is 0 Å². The number of pyridine rings is 1. The SMILES string of the molecule is Cc1nccc2sc(-c3c(NC4CC(CO)C(O)C4O)nc(NCC4CC4)nc3C3CC3)nc12. The molecular weight excluding hydrogens is 452 g/mol. The molecule has 10 heteroatoms. The van der Waals surface area contributed by atoms with E-state index < -0.39 is 18.2 Å². The highest BCUT2D eigenvalue weighted by molar-refractivity contribution is 7.21. The predicted octanol–water partition coefficient (Wildman–Crippen LogP) is 2.67. The first kappa shape index (κ1) is 22.1. The van der Waals surface area contributed by atoms with E-state index in [1.54, 1.807) is 17.5 Å². The van der Waals surface area contributed by atoms with Gasteiger partial charge in [0.25, 0.3) is 0 Å². The summed E-state index contributed by atoms with van der Waals surface area (Å²) in [5, 5.41) is 38.3. The van der Waals surface area contributed by atoms with Gasteiger partial charge in [-0.15, -0.1) is 11.3 Å². The molecule has 9 nitrogen and oxygen atoms in total. The standard InChI is InChI=1S/C24H30N6O3S/c1-11-18-16(6-7-25-11)34-23(28-18)17-19(13-4-5-13)29-24(26-9-12-2-3-12)30-22(17)27-15-8-14(10-31)20(32)21(15)33/h6-7,12-15,20-21,31-33H,2-5,8-10H2,1H3,(H2,26,27,29,30). The van der Waals surface area contributed by atoms with E-state index >= 15 is 0 Å². The molecule has 34 heavy (non-hydrogen) atoms. The minimum absolute atomic E-state index is 0.168. The summed E-state index contributed by atoms with van der Waals surface area (Å²) in [7, 11) is 0. The summed E-state index contributed by atoms with van der Waals surface area (Å²) >= 11 is 1.59. The average Bonchev–Trinajstić information content (AvgIpc) is 3.76. The molecule has 3 saturated carbocycles. The van der Waals surface area contributed by atoms with E-state index in [0.29, 0.717) is 30.0 Å². The minimum Gasteiger partial charge on any atom is -0.396 e. The molecule has 3 heterocycles. The van der Waals surface area contributed by atoms with Crippen LogP contribution in [0, 0.1) is 18.8 Å². The third kappa shape index (κ3) is 4.13. The van der Waals surface area contributed by atoms with Gasteiger partial charge in [0.1, 0.15) is 22.4 Å². The highest BCUT2D eigenvalue weighted by atomic mass is 32.1. The molecule has 3 aliphatic carbocycles. The minimum atomic E-state index is -0.992. The summed E-state index contributed by atoms with van der Waals surface area (Å²) < 4.78 is 1.06. The molecule has 3 fully saturated rings. The zero-order valence-electron chi connectivity index (χ0n) is 19.1. The van der Waals surface area contributed by atoms with Gasteiger partial charge in [0.2, 0.25) is 5.95 Å². The van der Waals surface area contributed by atoms with Crippen LogP contribution in [0.25, 0.3) is 20.8 Å². The second kappa shape index (κ2) is 8.67. The number of fused-ring (bicyclic) bond motifs is 1. The normalized spacial score (nSPS) is 26.8. The first-order chi connectivity index (χ1) is 16.5. The van der Waals surface area contributed by atoms with Crippen molar-refractivity contribution in [3.8, 4) is 10.6 Å². The van der Waals surface area contributed by atoms with Gasteiger partial charge in [0.05, 0.1) is 33.8 Å². The number of hydrogen-bond acceptors (Lipinski definition) is 10. The zero-order valence-corrected chi connectivity index (χ0v) is 19.9. The number of rotatable bonds is 8. The molecule has 0 amide bonds. The lowest BCUT2D eigenvalue weighted by atomic mass is 10.1. The van der Waals surface area contributed by atoms with Gasteiger partial charge in [-0.25, -0.2) is 9.97 Å². The number of nitrogens with one attached hydrogen (secondary N) is 2. The fourth-order valence-corrected chi connectivity index (χ4v) is 5.86. The van der Waals surface area contributed by atoms with Crippen LogP contribution < -0.4 is 10.6 Å². The van der Waals surface area contributed by atoms with E-state index in [2.05, 4.69) is 15.6 Å². The molecule has 3 aromatic rings. The van der Waals surface area contributed by atoms with Crippen LogP contribution in [0.3, 0.4) is 0 Å². The number of aryl methyl sites for hydroxylation is 1. The number of anilines is 2. The molecule has 6 rings (SSSR count). The van der Waals surface area contributed by atoms with Crippen molar-refractivity contribution in [2.75, 3.05) is 23.8 Å². The van der Waals surface area contributed by atoms with Gasteiger partial charge in [-0.1, -0.05) is 0 Å². The van der Waals surface area contributed by atoms with E-state index in [9.17, 15) is 15.3 Å². The van der Waals surface area contributed by atoms with Crippen LogP contribution in [0.2, 0.25) is 0 Å². The topological polar surface area (TPSA) is 136 Å². The Morgan fingerprint density at radius 1 is 1.09 bits per heavy atom. The van der Waals surface area contributed by atoms with Crippen molar-refractivity contribution < 1.29 is 15.3 Å². The van der Waals surface area contributed by atoms with Crippen LogP contribution in [-0.4, -0.2) is 66.7 Å². The zero-order chi connectivity index (χ0) is 23.4. The number of aliphatic hydroxyl groups is 3. The second-order valence-electron chi connectivity index (χ2n) is 9.93. The van der Waals surface area contributed by atoms with Crippen LogP contribution in [0.4, 0.5) is 11.8 Å². The van der Waals surface area contributed by atoms with Crippen molar-refractivity contribution in [3.63, 3.8) is 0 Å². The molecule has 3 aromatic heterocycles. The Balaban J connectivity index is 1.44. The van der Waals surface area contributed by atoms with E-state index in [4.69, 9.17) is 15.0 Å². The first-order valence-electron chi connectivity index (χ1n) is 12.1. The first-order valence-corrected chi connectivity index (χ1v) is 12.9. The molecule has 0 spiro atoms. The Bertz CT molecular complexity index is 1210. The summed E-state index contributed by atoms with van der Waals surface area (Å²) in [6, 6.07) is 1.55. The van der Waals surface area contributed by atoms with E-state index in [0.717, 1.165) is 51.6 Å².